The summed E-state index contributed by atoms with van der Waals surface area (Å²) >= 11 is 1.52. The summed E-state index contributed by atoms with van der Waals surface area (Å²) < 4.78 is 1.64. The first-order chi connectivity index (χ1) is 12.1. The Hall–Kier alpha value is -1.95. The molecule has 1 saturated heterocycles. The average Bonchev–Trinajstić information content (AvgIpc) is 3.38. The van der Waals surface area contributed by atoms with Gasteiger partial charge in [0, 0.05) is 31.6 Å². The number of carbonyl (C=O) groups excluding carboxylic acids is 1. The van der Waals surface area contributed by atoms with Crippen molar-refractivity contribution < 1.29 is 4.79 Å². The van der Waals surface area contributed by atoms with Crippen LogP contribution in [0.4, 0.5) is 0 Å². The maximum Gasteiger partial charge on any atom is 0.266 e. The smallest absolute Gasteiger partial charge is 0.266 e. The lowest BCUT2D eigenvalue weighted by Crippen LogP contribution is -2.40. The zero-order chi connectivity index (χ0) is 17.4. The van der Waals surface area contributed by atoms with E-state index in [-0.39, 0.29) is 11.5 Å². The molecule has 0 spiro atoms. The molecule has 0 N–H and O–H groups in total. The normalized spacial score (nSPS) is 18.5. The molecule has 0 aromatic carbocycles. The minimum atomic E-state index is -0.0167. The number of piperidine rings is 1. The van der Waals surface area contributed by atoms with Gasteiger partial charge in [-0.2, -0.15) is 5.10 Å². The summed E-state index contributed by atoms with van der Waals surface area (Å²) in [5, 5.41) is 6.58. The van der Waals surface area contributed by atoms with Crippen molar-refractivity contribution in [2.45, 2.75) is 45.1 Å². The first-order valence-corrected chi connectivity index (χ1v) is 9.90. The van der Waals surface area contributed by atoms with Crippen LogP contribution in [0.5, 0.6) is 0 Å². The van der Waals surface area contributed by atoms with Gasteiger partial charge in [-0.3, -0.25) is 9.59 Å². The van der Waals surface area contributed by atoms with E-state index in [0.717, 1.165) is 42.1 Å². The van der Waals surface area contributed by atoms with E-state index < -0.39 is 0 Å². The number of amides is 1. The molecule has 25 heavy (non-hydrogen) atoms. The second-order valence-electron chi connectivity index (χ2n) is 7.28. The van der Waals surface area contributed by atoms with Crippen molar-refractivity contribution >= 4 is 17.2 Å². The Kier molecular flexibility index (Phi) is 4.46. The van der Waals surface area contributed by atoms with E-state index in [9.17, 15) is 9.59 Å². The minimum Gasteiger partial charge on any atom is -0.338 e. The van der Waals surface area contributed by atoms with E-state index in [1.165, 1.54) is 24.2 Å². The van der Waals surface area contributed by atoms with Gasteiger partial charge in [0.1, 0.15) is 0 Å². The van der Waals surface area contributed by atoms with Crippen molar-refractivity contribution in [3.05, 3.63) is 50.1 Å². The van der Waals surface area contributed by atoms with Crippen molar-refractivity contribution in [1.82, 2.24) is 14.7 Å². The molecule has 2 aromatic heterocycles. The minimum absolute atomic E-state index is 0.0167. The number of aromatic nitrogens is 2. The van der Waals surface area contributed by atoms with Crippen LogP contribution in [-0.4, -0.2) is 33.7 Å². The van der Waals surface area contributed by atoms with Crippen LogP contribution in [-0.2, 0) is 6.54 Å². The largest absolute Gasteiger partial charge is 0.338 e. The maximum absolute atomic E-state index is 12.5. The number of likely N-dealkylation sites (tertiary alicyclic amines) is 1. The molecule has 1 amide bonds. The van der Waals surface area contributed by atoms with Gasteiger partial charge in [-0.1, -0.05) is 0 Å². The fourth-order valence-electron chi connectivity index (χ4n) is 3.45. The Morgan fingerprint density at radius 2 is 2.00 bits per heavy atom. The fraction of sp³-hybridized carbons (Fsp3) is 0.526. The SMILES string of the molecule is Cc1csc(C(=O)N2CCC(Cn3nc(C4CC4)ccc3=O)CC2)c1. The molecule has 0 unspecified atom stereocenters. The van der Waals surface area contributed by atoms with E-state index in [1.54, 1.807) is 10.7 Å². The quantitative estimate of drug-likeness (QED) is 0.845. The third-order valence-corrected chi connectivity index (χ3v) is 6.19. The van der Waals surface area contributed by atoms with E-state index >= 15 is 0 Å². The maximum atomic E-state index is 12.5. The second-order valence-corrected chi connectivity index (χ2v) is 8.19. The molecule has 0 atom stereocenters. The molecule has 2 aromatic rings. The van der Waals surface area contributed by atoms with Crippen molar-refractivity contribution in [3.8, 4) is 0 Å². The highest BCUT2D eigenvalue weighted by Crippen LogP contribution is 2.38. The zero-order valence-corrected chi connectivity index (χ0v) is 15.3. The molecule has 1 aliphatic carbocycles. The fourth-order valence-corrected chi connectivity index (χ4v) is 4.32. The van der Waals surface area contributed by atoms with Crippen molar-refractivity contribution in [3.63, 3.8) is 0 Å². The lowest BCUT2D eigenvalue weighted by Gasteiger charge is -2.31. The molecule has 1 saturated carbocycles. The molecular formula is C19H23N3O2S. The first kappa shape index (κ1) is 16.5. The van der Waals surface area contributed by atoms with Gasteiger partial charge in [-0.05, 0) is 61.6 Å². The predicted molar refractivity (Wildman–Crippen MR) is 98.2 cm³/mol. The molecule has 3 heterocycles. The highest BCUT2D eigenvalue weighted by atomic mass is 32.1. The van der Waals surface area contributed by atoms with Crippen molar-refractivity contribution in [2.75, 3.05) is 13.1 Å². The first-order valence-electron chi connectivity index (χ1n) is 9.02. The van der Waals surface area contributed by atoms with Crippen LogP contribution in [0.2, 0.25) is 0 Å². The van der Waals surface area contributed by atoms with Crippen LogP contribution in [0.15, 0.2) is 28.4 Å². The van der Waals surface area contributed by atoms with Crippen LogP contribution < -0.4 is 5.56 Å². The zero-order valence-electron chi connectivity index (χ0n) is 14.5. The van der Waals surface area contributed by atoms with Gasteiger partial charge in [0.25, 0.3) is 11.5 Å². The van der Waals surface area contributed by atoms with E-state index in [4.69, 9.17) is 0 Å². The number of thiophene rings is 1. The molecule has 5 nitrogen and oxygen atoms in total. The monoisotopic (exact) mass is 357 g/mol. The third-order valence-electron chi connectivity index (χ3n) is 5.16. The summed E-state index contributed by atoms with van der Waals surface area (Å²) in [4.78, 5) is 27.4. The molecule has 0 radical (unpaired) electrons. The molecule has 6 heteroatoms. The predicted octanol–water partition coefficient (Wildman–Crippen LogP) is 3.04. The molecular weight excluding hydrogens is 334 g/mol. The average molecular weight is 357 g/mol. The third kappa shape index (κ3) is 3.68. The molecule has 1 aliphatic heterocycles. The van der Waals surface area contributed by atoms with Crippen LogP contribution in [0.1, 0.15) is 52.5 Å². The van der Waals surface area contributed by atoms with Gasteiger partial charge in [0.2, 0.25) is 0 Å². The van der Waals surface area contributed by atoms with Crippen LogP contribution in [0.25, 0.3) is 0 Å². The van der Waals surface area contributed by atoms with Crippen molar-refractivity contribution in [1.29, 1.82) is 0 Å². The Bertz CT molecular complexity index is 829. The topological polar surface area (TPSA) is 55.2 Å². The van der Waals surface area contributed by atoms with Crippen LogP contribution >= 0.6 is 11.3 Å². The van der Waals surface area contributed by atoms with Gasteiger partial charge < -0.3 is 4.90 Å². The van der Waals surface area contributed by atoms with E-state index in [1.807, 2.05) is 29.3 Å². The number of hydrogen-bond acceptors (Lipinski definition) is 4. The van der Waals surface area contributed by atoms with Gasteiger partial charge in [0.05, 0.1) is 10.6 Å². The highest BCUT2D eigenvalue weighted by molar-refractivity contribution is 7.12. The van der Waals surface area contributed by atoms with Crippen LogP contribution in [0.3, 0.4) is 0 Å². The number of nitrogens with zero attached hydrogens (tertiary/aromatic N) is 3. The van der Waals surface area contributed by atoms with Crippen molar-refractivity contribution in [2.24, 2.45) is 5.92 Å². The van der Waals surface area contributed by atoms with Crippen LogP contribution in [0, 0.1) is 12.8 Å². The number of hydrogen-bond donors (Lipinski definition) is 0. The summed E-state index contributed by atoms with van der Waals surface area (Å²) in [6.07, 6.45) is 4.23. The summed E-state index contributed by atoms with van der Waals surface area (Å²) in [5.41, 5.74) is 2.18. The molecule has 2 fully saturated rings. The summed E-state index contributed by atoms with van der Waals surface area (Å²) in [5.74, 6) is 1.11. The Labute approximate surface area is 151 Å². The second kappa shape index (κ2) is 6.75. The Balaban J connectivity index is 1.37. The summed E-state index contributed by atoms with van der Waals surface area (Å²) in [6.45, 7) is 4.20. The van der Waals surface area contributed by atoms with E-state index in [0.29, 0.717) is 18.4 Å². The molecule has 132 valence electrons. The highest BCUT2D eigenvalue weighted by Gasteiger charge is 2.27. The van der Waals surface area contributed by atoms with Gasteiger partial charge in [0.15, 0.2) is 0 Å². The van der Waals surface area contributed by atoms with Gasteiger partial charge in [-0.25, -0.2) is 4.68 Å². The summed E-state index contributed by atoms with van der Waals surface area (Å²) in [7, 11) is 0. The standard InChI is InChI=1S/C19H23N3O2S/c1-13-10-17(25-12-13)19(24)21-8-6-14(7-9-21)11-22-18(23)5-4-16(20-22)15-2-3-15/h4-5,10,12,14-15H,2-3,6-9,11H2,1H3. The van der Waals surface area contributed by atoms with Gasteiger partial charge >= 0.3 is 0 Å². The molecule has 0 bridgehead atoms. The van der Waals surface area contributed by atoms with E-state index in [2.05, 4.69) is 5.10 Å². The lowest BCUT2D eigenvalue weighted by atomic mass is 9.96. The Morgan fingerprint density at radius 3 is 2.64 bits per heavy atom. The molecule has 2 aliphatic rings. The lowest BCUT2D eigenvalue weighted by molar-refractivity contribution is 0.0685. The van der Waals surface area contributed by atoms with Gasteiger partial charge in [-0.15, -0.1) is 11.3 Å². The number of aryl methyl sites for hydroxylation is 1. The molecule has 4 rings (SSSR count). The number of rotatable bonds is 4. The Morgan fingerprint density at radius 1 is 1.24 bits per heavy atom. The number of carbonyl (C=O) groups is 1. The summed E-state index contributed by atoms with van der Waals surface area (Å²) in [6, 6.07) is 5.49.